The van der Waals surface area contributed by atoms with Gasteiger partial charge in [0.2, 0.25) is 11.8 Å². The third-order valence-corrected chi connectivity index (χ3v) is 8.63. The summed E-state index contributed by atoms with van der Waals surface area (Å²) in [6.45, 7) is 1.27. The molecule has 2 fully saturated rings. The van der Waals surface area contributed by atoms with E-state index in [2.05, 4.69) is 5.32 Å². The van der Waals surface area contributed by atoms with Crippen molar-refractivity contribution in [3.63, 3.8) is 0 Å². The van der Waals surface area contributed by atoms with Gasteiger partial charge in [0.05, 0.1) is 6.42 Å². The lowest BCUT2D eigenvalue weighted by molar-refractivity contribution is -0.178. The van der Waals surface area contributed by atoms with Crippen LogP contribution in [0.4, 0.5) is 0 Å². The molecule has 0 bridgehead atoms. The van der Waals surface area contributed by atoms with Crippen molar-refractivity contribution in [2.24, 2.45) is 0 Å². The number of carbonyl (C=O) groups excluding carboxylic acids is 4. The summed E-state index contributed by atoms with van der Waals surface area (Å²) in [7, 11) is 0. The lowest BCUT2D eigenvalue weighted by Crippen LogP contribution is -2.77. The number of β-lactam (4-membered cyclic amide) rings is 1. The number of nitrogens with zero attached hydrogens (tertiary/aromatic N) is 1. The van der Waals surface area contributed by atoms with Crippen molar-refractivity contribution in [3.8, 4) is 0 Å². The van der Waals surface area contributed by atoms with Gasteiger partial charge in [-0.2, -0.15) is 0 Å². The number of carbonyl (C=O) groups is 4. The predicted octanol–water partition coefficient (Wildman–Crippen LogP) is 3.32. The van der Waals surface area contributed by atoms with Gasteiger partial charge in [0, 0.05) is 17.6 Å². The number of ether oxygens (including phenoxy) is 2. The minimum Gasteiger partial charge on any atom is -0.459 e. The van der Waals surface area contributed by atoms with Gasteiger partial charge in [-0.05, 0) is 22.6 Å². The summed E-state index contributed by atoms with van der Waals surface area (Å²) in [4.78, 5) is 53.7. The zero-order chi connectivity index (χ0) is 26.6. The third-order valence-electron chi connectivity index (χ3n) is 6.39. The molecule has 2 saturated heterocycles. The molecule has 0 spiro atoms. The van der Waals surface area contributed by atoms with E-state index in [1.54, 1.807) is 0 Å². The standard InChI is InChI=1S/C28H26N2O6S2/c1-17(31)35-21-16-38-27-23(29-22(32)15-20-13-8-14-37-20)26(33)30(27)24(21)28(34)36-25(18-9-4-2-5-10-18)19-11-6-3-7-12-19/h2-14,21,23-25,27H,15-16H2,1H3,(H,29,32)/t21?,23-,24-,27-/m1/s1. The van der Waals surface area contributed by atoms with E-state index in [9.17, 15) is 19.2 Å². The number of thioether (sulfide) groups is 1. The molecule has 3 heterocycles. The Labute approximate surface area is 228 Å². The zero-order valence-electron chi connectivity index (χ0n) is 20.5. The van der Waals surface area contributed by atoms with E-state index < -0.39 is 47.5 Å². The Morgan fingerprint density at radius 1 is 1.00 bits per heavy atom. The fourth-order valence-electron chi connectivity index (χ4n) is 4.70. The van der Waals surface area contributed by atoms with E-state index in [0.717, 1.165) is 16.0 Å². The van der Waals surface area contributed by atoms with Crippen LogP contribution >= 0.6 is 23.1 Å². The van der Waals surface area contributed by atoms with Crippen LogP contribution < -0.4 is 5.32 Å². The first-order valence-corrected chi connectivity index (χ1v) is 14.1. The molecule has 0 aliphatic carbocycles. The highest BCUT2D eigenvalue weighted by atomic mass is 32.2. The number of esters is 2. The summed E-state index contributed by atoms with van der Waals surface area (Å²) in [6.07, 6.45) is -1.41. The molecule has 0 saturated carbocycles. The lowest BCUT2D eigenvalue weighted by Gasteiger charge is -2.54. The topological polar surface area (TPSA) is 102 Å². The normalized spacial score (nSPS) is 22.3. The maximum absolute atomic E-state index is 13.7. The van der Waals surface area contributed by atoms with Crippen molar-refractivity contribution < 1.29 is 28.7 Å². The number of hydrogen-bond donors (Lipinski definition) is 1. The highest BCUT2D eigenvalue weighted by molar-refractivity contribution is 8.00. The molecule has 38 heavy (non-hydrogen) atoms. The summed E-state index contributed by atoms with van der Waals surface area (Å²) in [5.74, 6) is -1.61. The molecule has 3 aromatic rings. The first-order chi connectivity index (χ1) is 18.4. The van der Waals surface area contributed by atoms with Crippen LogP contribution in [0.15, 0.2) is 78.2 Å². The number of nitrogens with one attached hydrogen (secondary N) is 1. The van der Waals surface area contributed by atoms with Crippen LogP contribution in [0, 0.1) is 0 Å². The average Bonchev–Trinajstić information content (AvgIpc) is 3.43. The largest absolute Gasteiger partial charge is 0.459 e. The number of amides is 2. The molecule has 2 aliphatic heterocycles. The zero-order valence-corrected chi connectivity index (χ0v) is 22.2. The second kappa shape index (κ2) is 11.4. The Morgan fingerprint density at radius 3 is 2.24 bits per heavy atom. The van der Waals surface area contributed by atoms with Crippen molar-refractivity contribution >= 4 is 46.9 Å². The monoisotopic (exact) mass is 550 g/mol. The molecule has 1 N–H and O–H groups in total. The molecule has 2 amide bonds. The van der Waals surface area contributed by atoms with Gasteiger partial charge in [-0.25, -0.2) is 4.79 Å². The Morgan fingerprint density at radius 2 is 1.66 bits per heavy atom. The van der Waals surface area contributed by atoms with Crippen LogP contribution in [0.1, 0.15) is 29.0 Å². The fourth-order valence-corrected chi connectivity index (χ4v) is 6.81. The van der Waals surface area contributed by atoms with E-state index in [-0.39, 0.29) is 18.1 Å². The summed E-state index contributed by atoms with van der Waals surface area (Å²) in [6, 6.07) is 20.5. The van der Waals surface area contributed by atoms with Gasteiger partial charge >= 0.3 is 11.9 Å². The first kappa shape index (κ1) is 26.0. The summed E-state index contributed by atoms with van der Waals surface area (Å²) < 4.78 is 11.5. The molecule has 2 aliphatic rings. The molecule has 0 radical (unpaired) electrons. The smallest absolute Gasteiger partial charge is 0.333 e. The molecular weight excluding hydrogens is 524 g/mol. The predicted molar refractivity (Wildman–Crippen MR) is 143 cm³/mol. The van der Waals surface area contributed by atoms with E-state index in [0.29, 0.717) is 0 Å². The van der Waals surface area contributed by atoms with Crippen LogP contribution in [-0.2, 0) is 35.1 Å². The van der Waals surface area contributed by atoms with Gasteiger partial charge in [-0.15, -0.1) is 23.1 Å². The highest BCUT2D eigenvalue weighted by Crippen LogP contribution is 2.40. The van der Waals surface area contributed by atoms with Crippen LogP contribution in [0.3, 0.4) is 0 Å². The average molecular weight is 551 g/mol. The highest BCUT2D eigenvalue weighted by Gasteiger charge is 2.59. The minimum atomic E-state index is -1.13. The number of thiophene rings is 1. The van der Waals surface area contributed by atoms with Gasteiger partial charge in [-0.3, -0.25) is 14.4 Å². The van der Waals surface area contributed by atoms with Gasteiger partial charge < -0.3 is 19.7 Å². The van der Waals surface area contributed by atoms with Gasteiger partial charge in [-0.1, -0.05) is 66.7 Å². The van der Waals surface area contributed by atoms with Crippen molar-refractivity contribution in [3.05, 3.63) is 94.2 Å². The van der Waals surface area contributed by atoms with Crippen molar-refractivity contribution in [2.75, 3.05) is 5.75 Å². The Kier molecular flexibility index (Phi) is 7.80. The molecule has 196 valence electrons. The van der Waals surface area contributed by atoms with Crippen LogP contribution in [-0.4, -0.2) is 58.0 Å². The second-order valence-corrected chi connectivity index (χ2v) is 11.2. The summed E-state index contributed by atoms with van der Waals surface area (Å²) in [5.41, 5.74) is 1.54. The van der Waals surface area contributed by atoms with E-state index >= 15 is 0 Å². The van der Waals surface area contributed by atoms with Gasteiger partial charge in [0.25, 0.3) is 0 Å². The maximum atomic E-state index is 13.7. The van der Waals surface area contributed by atoms with Crippen LogP contribution in [0.2, 0.25) is 0 Å². The Balaban J connectivity index is 1.36. The van der Waals surface area contributed by atoms with E-state index in [4.69, 9.17) is 9.47 Å². The molecule has 8 nitrogen and oxygen atoms in total. The van der Waals surface area contributed by atoms with Gasteiger partial charge in [0.1, 0.15) is 17.5 Å². The van der Waals surface area contributed by atoms with Crippen molar-refractivity contribution in [2.45, 2.75) is 43.0 Å². The van der Waals surface area contributed by atoms with Crippen LogP contribution in [0.5, 0.6) is 0 Å². The Bertz CT molecular complexity index is 1260. The Hall–Kier alpha value is -3.63. The number of benzene rings is 2. The van der Waals surface area contributed by atoms with Crippen LogP contribution in [0.25, 0.3) is 0 Å². The molecule has 10 heteroatoms. The number of rotatable bonds is 8. The number of fused-ring (bicyclic) bond motifs is 1. The molecule has 2 aromatic carbocycles. The van der Waals surface area contributed by atoms with Crippen molar-refractivity contribution in [1.82, 2.24) is 10.2 Å². The summed E-state index contributed by atoms with van der Waals surface area (Å²) in [5, 5.41) is 4.23. The summed E-state index contributed by atoms with van der Waals surface area (Å²) >= 11 is 2.83. The SMILES string of the molecule is CC(=O)OC1CS[C@@H]2[C@H](NC(=O)Cc3cccs3)C(=O)N2[C@H]1C(=O)OC(c1ccccc1)c1ccccc1. The number of hydrogen-bond acceptors (Lipinski definition) is 8. The third kappa shape index (κ3) is 5.46. The van der Waals surface area contributed by atoms with Gasteiger partial charge in [0.15, 0.2) is 12.1 Å². The minimum absolute atomic E-state index is 0.177. The fraction of sp³-hybridized carbons (Fsp3) is 0.286. The molecule has 4 atom stereocenters. The van der Waals surface area contributed by atoms with Crippen molar-refractivity contribution in [1.29, 1.82) is 0 Å². The molecular formula is C28H26N2O6S2. The maximum Gasteiger partial charge on any atom is 0.333 e. The van der Waals surface area contributed by atoms with E-state index in [1.165, 1.54) is 34.9 Å². The quantitative estimate of drug-likeness (QED) is 0.339. The molecule has 5 rings (SSSR count). The first-order valence-electron chi connectivity index (χ1n) is 12.2. The van der Waals surface area contributed by atoms with E-state index in [1.807, 2.05) is 78.2 Å². The molecule has 1 aromatic heterocycles. The lowest BCUT2D eigenvalue weighted by atomic mass is 9.98. The molecule has 1 unspecified atom stereocenters. The second-order valence-electron chi connectivity index (χ2n) is 9.00.